The number of methoxy groups -OCH3 is 1. The Morgan fingerprint density at radius 3 is 1.78 bits per heavy atom. The predicted molar refractivity (Wildman–Crippen MR) is 231 cm³/mol. The Bertz CT molecular complexity index is 2130. The van der Waals surface area contributed by atoms with Gasteiger partial charge in [0.2, 0.25) is 0 Å². The van der Waals surface area contributed by atoms with Gasteiger partial charge in [0.15, 0.2) is 5.78 Å². The molecule has 318 valence electrons. The highest BCUT2D eigenvalue weighted by Gasteiger charge is 2.22. The molecule has 59 heavy (non-hydrogen) atoms. The monoisotopic (exact) mass is 809 g/mol. The average Bonchev–Trinajstić information content (AvgIpc) is 4.02. The predicted octanol–water partition coefficient (Wildman–Crippen LogP) is 8.15. The minimum Gasteiger partial charge on any atom is -0.468 e. The van der Waals surface area contributed by atoms with Crippen molar-refractivity contribution < 1.29 is 14.3 Å². The smallest absolute Gasteiger partial charge is 0.327 e. The quantitative estimate of drug-likeness (QED) is 0.166. The molecule has 0 radical (unpaired) electrons. The van der Waals surface area contributed by atoms with Crippen molar-refractivity contribution in [3.05, 3.63) is 120 Å². The number of benzene rings is 2. The second-order valence-electron chi connectivity index (χ2n) is 16.8. The summed E-state index contributed by atoms with van der Waals surface area (Å²) in [7, 11) is 1.34. The first-order valence-corrected chi connectivity index (χ1v) is 19.2. The number of aryl methyl sites for hydroxylation is 2. The summed E-state index contributed by atoms with van der Waals surface area (Å²) in [5, 5.41) is 33.7. The van der Waals surface area contributed by atoms with Gasteiger partial charge in [0.05, 0.1) is 48.7 Å². The largest absolute Gasteiger partial charge is 0.468 e. The molecule has 2 aromatic carbocycles. The Kier molecular flexibility index (Phi) is 18.9. The van der Waals surface area contributed by atoms with Gasteiger partial charge in [0.25, 0.3) is 0 Å². The lowest BCUT2D eigenvalue weighted by molar-refractivity contribution is -0.141. The summed E-state index contributed by atoms with van der Waals surface area (Å²) < 4.78 is 9.64. The molecule has 0 saturated carbocycles. The van der Waals surface area contributed by atoms with Gasteiger partial charge in [-0.3, -0.25) is 9.59 Å². The SMILES string of the molecule is C.CC(C)(C)C1=CC(=O)CC1.CC(C)(C)c1cn(Cc2ccccc2)nn1.CC(C)(C)n1cc(-c2ccccc2)nn1.COC(=O)Cn1cc(C)nn1.Cc1cn[nH]n1. The molecule has 1 N–H and O–H groups in total. The number of ether oxygens (including phenoxy) is 1. The maximum atomic E-state index is 10.8. The molecule has 1 aliphatic carbocycles. The van der Waals surface area contributed by atoms with E-state index in [-0.39, 0.29) is 36.3 Å². The zero-order valence-electron chi connectivity index (χ0n) is 36.1. The number of rotatable bonds is 5. The molecule has 0 unspecified atom stereocenters. The summed E-state index contributed by atoms with van der Waals surface area (Å²) in [6.45, 7) is 23.8. The minimum absolute atomic E-state index is 0. The van der Waals surface area contributed by atoms with Crippen LogP contribution in [0.2, 0.25) is 0 Å². The Morgan fingerprint density at radius 1 is 0.746 bits per heavy atom. The van der Waals surface area contributed by atoms with Crippen LogP contribution < -0.4 is 0 Å². The summed E-state index contributed by atoms with van der Waals surface area (Å²) in [5.74, 6) is -0.0279. The minimum atomic E-state index is -0.324. The molecule has 0 atom stereocenters. The van der Waals surface area contributed by atoms with Gasteiger partial charge >= 0.3 is 5.97 Å². The van der Waals surface area contributed by atoms with Crippen molar-refractivity contribution >= 4 is 11.8 Å². The highest BCUT2D eigenvalue weighted by atomic mass is 16.5. The van der Waals surface area contributed by atoms with Crippen LogP contribution in [0.1, 0.15) is 105 Å². The van der Waals surface area contributed by atoms with Gasteiger partial charge < -0.3 is 4.74 Å². The molecule has 4 aromatic heterocycles. The summed E-state index contributed by atoms with van der Waals surface area (Å²) in [6, 6.07) is 20.4. The Morgan fingerprint density at radius 2 is 1.37 bits per heavy atom. The van der Waals surface area contributed by atoms with E-state index in [0.29, 0.717) is 5.78 Å². The van der Waals surface area contributed by atoms with Crippen molar-refractivity contribution in [2.45, 2.75) is 120 Å². The Labute approximate surface area is 349 Å². The van der Waals surface area contributed by atoms with E-state index in [1.165, 1.54) is 22.9 Å². The number of carbonyl (C=O) groups excluding carboxylic acids is 2. The molecular formula is C44H64N12O3. The number of hydrogen-bond acceptors (Lipinski definition) is 11. The number of H-pyrrole nitrogens is 1. The van der Waals surface area contributed by atoms with Crippen LogP contribution in [0.15, 0.2) is 97.1 Å². The van der Waals surface area contributed by atoms with E-state index in [4.69, 9.17) is 0 Å². The first-order chi connectivity index (χ1) is 27.2. The zero-order valence-corrected chi connectivity index (χ0v) is 36.1. The van der Waals surface area contributed by atoms with E-state index in [2.05, 4.69) is 126 Å². The number of ketones is 1. The third-order valence-corrected chi connectivity index (χ3v) is 8.39. The number of hydrogen-bond donors (Lipinski definition) is 1. The van der Waals surface area contributed by atoms with E-state index >= 15 is 0 Å². The fourth-order valence-corrected chi connectivity index (χ4v) is 4.94. The molecule has 6 aromatic rings. The van der Waals surface area contributed by atoms with Crippen molar-refractivity contribution in [2.75, 3.05) is 7.11 Å². The van der Waals surface area contributed by atoms with Gasteiger partial charge in [-0.25, -0.2) is 14.0 Å². The molecule has 0 aliphatic heterocycles. The Hall–Kier alpha value is -6.12. The zero-order chi connectivity index (χ0) is 42.9. The molecule has 0 spiro atoms. The maximum Gasteiger partial charge on any atom is 0.327 e. The summed E-state index contributed by atoms with van der Waals surface area (Å²) in [5.41, 5.74) is 7.57. The van der Waals surface area contributed by atoms with Gasteiger partial charge in [-0.15, -0.1) is 15.3 Å². The van der Waals surface area contributed by atoms with Crippen LogP contribution >= 0.6 is 0 Å². The first-order valence-electron chi connectivity index (χ1n) is 19.2. The summed E-state index contributed by atoms with van der Waals surface area (Å²) >= 11 is 0. The standard InChI is InChI=1S/C13H17N3.C12H15N3.C9H14O.C6H9N3O2.C3H5N3.CH4/c1-13(2,3)12-10-16(15-14-12)9-11-7-5-4-6-8-11;1-12(2,3)15-9-11(13-14-15)10-7-5-4-6-8-10;1-9(2,3)7-4-5-8(10)6-7;1-5-3-9(8-7-5)4-6(10)11-2;1-3-2-4-6-5-3;/h4-8,10H,9H2,1-3H3;4-9H,1-3H3;6H,4-5H2,1-3H3;3H,4H2,1-2H3;2H,1H3,(H,4,5,6);1H4. The van der Waals surface area contributed by atoms with Crippen LogP contribution in [-0.4, -0.2) is 79.3 Å². The van der Waals surface area contributed by atoms with Crippen LogP contribution in [0, 0.1) is 19.3 Å². The molecule has 1 aliphatic rings. The second-order valence-corrected chi connectivity index (χ2v) is 16.8. The van der Waals surface area contributed by atoms with E-state index in [0.717, 1.165) is 47.7 Å². The number of aromatic amines is 1. The van der Waals surface area contributed by atoms with Crippen molar-refractivity contribution in [3.63, 3.8) is 0 Å². The van der Waals surface area contributed by atoms with E-state index in [9.17, 15) is 9.59 Å². The van der Waals surface area contributed by atoms with E-state index < -0.39 is 0 Å². The molecule has 0 bridgehead atoms. The molecular weight excluding hydrogens is 745 g/mol. The lowest BCUT2D eigenvalue weighted by Crippen LogP contribution is -2.22. The van der Waals surface area contributed by atoms with Crippen molar-refractivity contribution in [2.24, 2.45) is 5.41 Å². The van der Waals surface area contributed by atoms with Crippen molar-refractivity contribution in [3.8, 4) is 11.3 Å². The number of nitrogens with zero attached hydrogens (tertiary/aromatic N) is 11. The van der Waals surface area contributed by atoms with Crippen LogP contribution in [0.25, 0.3) is 11.3 Å². The number of allylic oxidation sites excluding steroid dienone is 2. The van der Waals surface area contributed by atoms with Crippen LogP contribution in [0.5, 0.6) is 0 Å². The highest BCUT2D eigenvalue weighted by Crippen LogP contribution is 2.32. The molecule has 0 fully saturated rings. The molecule has 7 rings (SSSR count). The van der Waals surface area contributed by atoms with Crippen LogP contribution in [-0.2, 0) is 38.4 Å². The summed E-state index contributed by atoms with van der Waals surface area (Å²) in [6.07, 6.45) is 10.9. The topological polar surface area (TPSA) is 177 Å². The van der Waals surface area contributed by atoms with Gasteiger partial charge in [0, 0.05) is 29.8 Å². The van der Waals surface area contributed by atoms with Crippen molar-refractivity contribution in [1.82, 2.24) is 60.4 Å². The number of esters is 1. The van der Waals surface area contributed by atoms with Gasteiger partial charge in [0.1, 0.15) is 12.2 Å². The third-order valence-electron chi connectivity index (χ3n) is 8.39. The number of nitrogens with one attached hydrogen (secondary N) is 1. The van der Waals surface area contributed by atoms with Gasteiger partial charge in [-0.1, -0.05) is 131 Å². The second kappa shape index (κ2) is 22.7. The van der Waals surface area contributed by atoms with Crippen LogP contribution in [0.4, 0.5) is 0 Å². The fourth-order valence-electron chi connectivity index (χ4n) is 4.94. The third kappa shape index (κ3) is 17.9. The normalized spacial score (nSPS) is 12.1. The van der Waals surface area contributed by atoms with Gasteiger partial charge in [-0.05, 0) is 58.1 Å². The fraction of sp³-hybridized carbons (Fsp3) is 0.455. The van der Waals surface area contributed by atoms with E-state index in [1.54, 1.807) is 25.4 Å². The van der Waals surface area contributed by atoms with E-state index in [1.807, 2.05) is 77.2 Å². The van der Waals surface area contributed by atoms with Crippen molar-refractivity contribution in [1.29, 1.82) is 0 Å². The summed E-state index contributed by atoms with van der Waals surface area (Å²) in [4.78, 5) is 21.5. The number of carbonyl (C=O) groups is 2. The Balaban J connectivity index is 0.000000261. The molecule has 15 nitrogen and oxygen atoms in total. The van der Waals surface area contributed by atoms with Gasteiger partial charge in [-0.2, -0.15) is 15.4 Å². The lowest BCUT2D eigenvalue weighted by Gasteiger charge is -2.19. The molecule has 4 heterocycles. The average molecular weight is 809 g/mol. The maximum absolute atomic E-state index is 10.8. The molecule has 0 saturated heterocycles. The van der Waals surface area contributed by atoms with Crippen LogP contribution in [0.3, 0.4) is 0 Å². The highest BCUT2D eigenvalue weighted by molar-refractivity contribution is 5.93. The molecule has 15 heteroatoms. The number of aromatic nitrogens is 12. The lowest BCUT2D eigenvalue weighted by atomic mass is 9.86. The first kappa shape index (κ1) is 49.0. The molecule has 0 amide bonds.